The van der Waals surface area contributed by atoms with E-state index in [2.05, 4.69) is 10.2 Å². The van der Waals surface area contributed by atoms with Crippen molar-refractivity contribution >= 4 is 6.21 Å². The van der Waals surface area contributed by atoms with Gasteiger partial charge in [-0.1, -0.05) is 30.3 Å². The van der Waals surface area contributed by atoms with E-state index in [1.165, 1.54) is 0 Å². The number of nitrogens with zero attached hydrogens (tertiary/aromatic N) is 3. The smallest absolute Gasteiger partial charge is 0.0615 e. The summed E-state index contributed by atoms with van der Waals surface area (Å²) in [4.78, 5) is 1.56. The van der Waals surface area contributed by atoms with Crippen molar-refractivity contribution in [1.82, 2.24) is 9.89 Å². The maximum Gasteiger partial charge on any atom is 0.0615 e. The van der Waals surface area contributed by atoms with Gasteiger partial charge in [0.2, 0.25) is 0 Å². The van der Waals surface area contributed by atoms with E-state index in [1.54, 1.807) is 11.0 Å². The molecule has 2 rings (SSSR count). The molecule has 0 unspecified atom stereocenters. The van der Waals surface area contributed by atoms with E-state index in [-0.39, 0.29) is 0 Å². The van der Waals surface area contributed by atoms with Crippen molar-refractivity contribution in [2.75, 3.05) is 0 Å². The van der Waals surface area contributed by atoms with Crippen LogP contribution in [0.15, 0.2) is 47.7 Å². The topological polar surface area (TPSA) is 30.2 Å². The molecule has 0 saturated carbocycles. The second kappa shape index (κ2) is 3.87. The Hall–Kier alpha value is -1.90. The van der Waals surface area contributed by atoms with Gasteiger partial charge in [0, 0.05) is 0 Å². The molecule has 2 aromatic rings. The SMILES string of the molecule is Cc1ccn(/N=C/c2ccccc2)n1. The van der Waals surface area contributed by atoms with Crippen LogP contribution in [0.25, 0.3) is 0 Å². The quantitative estimate of drug-likeness (QED) is 0.659. The predicted molar refractivity (Wildman–Crippen MR) is 56.4 cm³/mol. The van der Waals surface area contributed by atoms with E-state index in [1.807, 2.05) is 49.5 Å². The van der Waals surface area contributed by atoms with Crippen LogP contribution in [0.3, 0.4) is 0 Å². The molecule has 0 atom stereocenters. The van der Waals surface area contributed by atoms with Crippen LogP contribution in [0, 0.1) is 6.92 Å². The molecular weight excluding hydrogens is 174 g/mol. The minimum absolute atomic E-state index is 0.968. The number of rotatable bonds is 2. The Balaban J connectivity index is 2.15. The van der Waals surface area contributed by atoms with Crippen LogP contribution in [0.5, 0.6) is 0 Å². The molecule has 1 heterocycles. The molecule has 0 saturated heterocycles. The standard InChI is InChI=1S/C11H11N3/c1-10-7-8-14(13-10)12-9-11-5-3-2-4-6-11/h2-9H,1H3/b12-9+. The highest BCUT2D eigenvalue weighted by atomic mass is 15.5. The zero-order valence-corrected chi connectivity index (χ0v) is 7.96. The highest BCUT2D eigenvalue weighted by Gasteiger charge is 1.89. The molecule has 0 aliphatic rings. The van der Waals surface area contributed by atoms with Gasteiger partial charge >= 0.3 is 0 Å². The van der Waals surface area contributed by atoms with Gasteiger partial charge in [-0.2, -0.15) is 15.0 Å². The zero-order valence-electron chi connectivity index (χ0n) is 7.96. The fraction of sp³-hybridized carbons (Fsp3) is 0.0909. The van der Waals surface area contributed by atoms with Crippen LogP contribution >= 0.6 is 0 Å². The van der Waals surface area contributed by atoms with Crippen LogP contribution in [0.1, 0.15) is 11.3 Å². The normalized spacial score (nSPS) is 10.9. The predicted octanol–water partition coefficient (Wildman–Crippen LogP) is 2.07. The lowest BCUT2D eigenvalue weighted by atomic mass is 10.2. The van der Waals surface area contributed by atoms with Gasteiger partial charge in [0.25, 0.3) is 0 Å². The molecule has 0 fully saturated rings. The lowest BCUT2D eigenvalue weighted by Crippen LogP contribution is -1.91. The molecule has 0 aliphatic carbocycles. The Bertz CT molecular complexity index is 429. The van der Waals surface area contributed by atoms with Crippen molar-refractivity contribution in [1.29, 1.82) is 0 Å². The second-order valence-electron chi connectivity index (χ2n) is 3.03. The van der Waals surface area contributed by atoms with Crippen molar-refractivity contribution < 1.29 is 0 Å². The van der Waals surface area contributed by atoms with Gasteiger partial charge < -0.3 is 0 Å². The van der Waals surface area contributed by atoms with Gasteiger partial charge in [-0.25, -0.2) is 0 Å². The monoisotopic (exact) mass is 185 g/mol. The average molecular weight is 185 g/mol. The zero-order chi connectivity index (χ0) is 9.80. The number of hydrogen-bond donors (Lipinski definition) is 0. The first-order chi connectivity index (χ1) is 6.84. The summed E-state index contributed by atoms with van der Waals surface area (Å²) in [6, 6.07) is 11.9. The minimum atomic E-state index is 0.968. The average Bonchev–Trinajstić information content (AvgIpc) is 2.63. The summed E-state index contributed by atoms with van der Waals surface area (Å²) in [5.41, 5.74) is 2.04. The first-order valence-corrected chi connectivity index (χ1v) is 4.46. The van der Waals surface area contributed by atoms with Gasteiger partial charge in [-0.15, -0.1) is 0 Å². The van der Waals surface area contributed by atoms with Crippen molar-refractivity contribution in [3.63, 3.8) is 0 Å². The van der Waals surface area contributed by atoms with Gasteiger partial charge in [0.15, 0.2) is 0 Å². The van der Waals surface area contributed by atoms with Crippen LogP contribution < -0.4 is 0 Å². The molecule has 0 spiro atoms. The summed E-state index contributed by atoms with van der Waals surface area (Å²) in [6.07, 6.45) is 3.61. The summed E-state index contributed by atoms with van der Waals surface area (Å²) in [7, 11) is 0. The van der Waals surface area contributed by atoms with Crippen molar-refractivity contribution in [2.24, 2.45) is 5.10 Å². The number of aromatic nitrogens is 2. The third-order valence-corrected chi connectivity index (χ3v) is 1.83. The molecular formula is C11H11N3. The largest absolute Gasteiger partial charge is 0.159 e. The molecule has 0 aliphatic heterocycles. The van der Waals surface area contributed by atoms with Gasteiger partial charge in [-0.05, 0) is 18.6 Å². The van der Waals surface area contributed by atoms with Gasteiger partial charge in [0.05, 0.1) is 18.1 Å². The summed E-state index contributed by atoms with van der Waals surface area (Å²) in [5.74, 6) is 0. The Morgan fingerprint density at radius 3 is 2.64 bits per heavy atom. The summed E-state index contributed by atoms with van der Waals surface area (Å²) >= 11 is 0. The first kappa shape index (κ1) is 8.69. The van der Waals surface area contributed by atoms with Crippen molar-refractivity contribution in [3.8, 4) is 0 Å². The summed E-state index contributed by atoms with van der Waals surface area (Å²) in [6.45, 7) is 1.94. The summed E-state index contributed by atoms with van der Waals surface area (Å²) < 4.78 is 0. The Kier molecular flexibility index (Phi) is 2.40. The fourth-order valence-corrected chi connectivity index (χ4v) is 1.13. The van der Waals surface area contributed by atoms with Crippen molar-refractivity contribution in [2.45, 2.75) is 6.92 Å². The van der Waals surface area contributed by atoms with Crippen molar-refractivity contribution in [3.05, 3.63) is 53.9 Å². The van der Waals surface area contributed by atoms with E-state index in [0.29, 0.717) is 0 Å². The first-order valence-electron chi connectivity index (χ1n) is 4.46. The van der Waals surface area contributed by atoms with E-state index in [0.717, 1.165) is 11.3 Å². The van der Waals surface area contributed by atoms with E-state index in [4.69, 9.17) is 0 Å². The molecule has 1 aromatic carbocycles. The maximum absolute atomic E-state index is 4.18. The lowest BCUT2D eigenvalue weighted by Gasteiger charge is -1.91. The highest BCUT2D eigenvalue weighted by molar-refractivity contribution is 5.79. The highest BCUT2D eigenvalue weighted by Crippen LogP contribution is 1.95. The molecule has 14 heavy (non-hydrogen) atoms. The van der Waals surface area contributed by atoms with E-state index < -0.39 is 0 Å². The minimum Gasteiger partial charge on any atom is -0.159 e. The number of benzene rings is 1. The number of hydrogen-bond acceptors (Lipinski definition) is 2. The second-order valence-corrected chi connectivity index (χ2v) is 3.03. The molecule has 0 amide bonds. The van der Waals surface area contributed by atoms with Crippen LogP contribution in [-0.2, 0) is 0 Å². The van der Waals surface area contributed by atoms with E-state index >= 15 is 0 Å². The Labute approximate surface area is 82.7 Å². The van der Waals surface area contributed by atoms with Gasteiger partial charge in [-0.3, -0.25) is 0 Å². The Morgan fingerprint density at radius 1 is 1.21 bits per heavy atom. The van der Waals surface area contributed by atoms with E-state index in [9.17, 15) is 0 Å². The third kappa shape index (κ3) is 2.07. The van der Waals surface area contributed by atoms with Crippen LogP contribution in [0.2, 0.25) is 0 Å². The molecule has 70 valence electrons. The van der Waals surface area contributed by atoms with Crippen LogP contribution in [0.4, 0.5) is 0 Å². The number of aryl methyl sites for hydroxylation is 1. The molecule has 0 radical (unpaired) electrons. The molecule has 3 heteroatoms. The fourth-order valence-electron chi connectivity index (χ4n) is 1.13. The lowest BCUT2D eigenvalue weighted by molar-refractivity contribution is 0.735. The third-order valence-electron chi connectivity index (χ3n) is 1.83. The Morgan fingerprint density at radius 2 is 2.00 bits per heavy atom. The van der Waals surface area contributed by atoms with Crippen LogP contribution in [-0.4, -0.2) is 16.1 Å². The molecule has 0 bridgehead atoms. The molecule has 3 nitrogen and oxygen atoms in total. The molecule has 1 aromatic heterocycles. The maximum atomic E-state index is 4.18. The molecule has 0 N–H and O–H groups in total. The summed E-state index contributed by atoms with van der Waals surface area (Å²) in [5, 5.41) is 8.32. The van der Waals surface area contributed by atoms with Gasteiger partial charge in [0.1, 0.15) is 0 Å².